The first-order valence-electron chi connectivity index (χ1n) is 10.5. The van der Waals surface area contributed by atoms with Crippen LogP contribution in [-0.4, -0.2) is 61.6 Å². The first-order valence-corrected chi connectivity index (χ1v) is 10.5. The molecular formula is C23H29N5O2. The fourth-order valence-corrected chi connectivity index (χ4v) is 3.61. The van der Waals surface area contributed by atoms with Crippen molar-refractivity contribution in [2.24, 2.45) is 5.11 Å². The Morgan fingerprint density at radius 3 is 2.43 bits per heavy atom. The molecule has 1 saturated heterocycles. The van der Waals surface area contributed by atoms with Crippen LogP contribution in [0.5, 0.6) is 5.75 Å². The molecule has 1 aliphatic heterocycles. The average molecular weight is 408 g/mol. The Labute approximate surface area is 177 Å². The summed E-state index contributed by atoms with van der Waals surface area (Å²) >= 11 is 0. The first kappa shape index (κ1) is 21.7. The Hall–Kier alpha value is -3.02. The number of benzene rings is 2. The van der Waals surface area contributed by atoms with Gasteiger partial charge in [0.15, 0.2) is 0 Å². The lowest BCUT2D eigenvalue weighted by molar-refractivity contribution is -0.132. The van der Waals surface area contributed by atoms with E-state index in [1.165, 1.54) is 5.56 Å². The molecule has 1 aliphatic rings. The smallest absolute Gasteiger partial charge is 0.227 e. The van der Waals surface area contributed by atoms with Crippen molar-refractivity contribution in [2.75, 3.05) is 45.9 Å². The summed E-state index contributed by atoms with van der Waals surface area (Å²) in [5.74, 6) is 0.888. The number of hydrogen-bond acceptors (Lipinski definition) is 4. The molecule has 0 atom stereocenters. The number of rotatable bonds is 10. The summed E-state index contributed by atoms with van der Waals surface area (Å²) in [5, 5.41) is 3.43. The van der Waals surface area contributed by atoms with Crippen LogP contribution < -0.4 is 4.74 Å². The van der Waals surface area contributed by atoms with Crippen LogP contribution in [0.2, 0.25) is 0 Å². The lowest BCUT2D eigenvalue weighted by atomic mass is 10.1. The molecule has 0 radical (unpaired) electrons. The third-order valence-electron chi connectivity index (χ3n) is 5.31. The number of carbonyl (C=O) groups excluding carboxylic acids is 1. The SMILES string of the molecule is [N-]=[N+]=NCCOc1ccc(CC(=O)N2CCN(CCCc3ccccc3)CC2)cc1. The van der Waals surface area contributed by atoms with Gasteiger partial charge in [-0.1, -0.05) is 47.6 Å². The zero-order valence-electron chi connectivity index (χ0n) is 17.3. The van der Waals surface area contributed by atoms with E-state index in [0.717, 1.165) is 51.1 Å². The third-order valence-corrected chi connectivity index (χ3v) is 5.31. The third kappa shape index (κ3) is 7.10. The molecule has 3 rings (SSSR count). The van der Waals surface area contributed by atoms with Gasteiger partial charge in [0.05, 0.1) is 19.6 Å². The fourth-order valence-electron chi connectivity index (χ4n) is 3.61. The molecule has 2 aromatic rings. The topological polar surface area (TPSA) is 81.5 Å². The first-order chi connectivity index (χ1) is 14.7. The quantitative estimate of drug-likeness (QED) is 0.261. The van der Waals surface area contributed by atoms with Crippen LogP contribution in [0, 0.1) is 0 Å². The molecule has 1 heterocycles. The van der Waals surface area contributed by atoms with E-state index >= 15 is 0 Å². The van der Waals surface area contributed by atoms with Gasteiger partial charge in [0, 0.05) is 31.1 Å². The van der Waals surface area contributed by atoms with Crippen LogP contribution in [-0.2, 0) is 17.6 Å². The molecule has 30 heavy (non-hydrogen) atoms. The maximum atomic E-state index is 12.6. The highest BCUT2D eigenvalue weighted by molar-refractivity contribution is 5.79. The molecule has 0 saturated carbocycles. The second-order valence-electron chi connectivity index (χ2n) is 7.44. The number of nitrogens with zero attached hydrogens (tertiary/aromatic N) is 5. The summed E-state index contributed by atoms with van der Waals surface area (Å²) < 4.78 is 5.49. The van der Waals surface area contributed by atoms with Gasteiger partial charge in [-0.05, 0) is 48.2 Å². The Balaban J connectivity index is 1.35. The van der Waals surface area contributed by atoms with E-state index in [4.69, 9.17) is 10.3 Å². The summed E-state index contributed by atoms with van der Waals surface area (Å²) in [5.41, 5.74) is 10.6. The highest BCUT2D eigenvalue weighted by Gasteiger charge is 2.20. The van der Waals surface area contributed by atoms with Crippen molar-refractivity contribution in [3.05, 3.63) is 76.2 Å². The minimum atomic E-state index is 0.177. The van der Waals surface area contributed by atoms with Gasteiger partial charge in [0.1, 0.15) is 5.75 Å². The maximum Gasteiger partial charge on any atom is 0.227 e. The van der Waals surface area contributed by atoms with E-state index in [1.807, 2.05) is 29.2 Å². The number of ether oxygens (including phenoxy) is 1. The number of azide groups is 1. The average Bonchev–Trinajstić information content (AvgIpc) is 2.79. The van der Waals surface area contributed by atoms with Crippen molar-refractivity contribution in [3.8, 4) is 5.75 Å². The van der Waals surface area contributed by atoms with Crippen LogP contribution in [0.15, 0.2) is 59.7 Å². The lowest BCUT2D eigenvalue weighted by Crippen LogP contribution is -2.49. The molecule has 0 N–H and O–H groups in total. The summed E-state index contributed by atoms with van der Waals surface area (Å²) in [6.07, 6.45) is 2.66. The van der Waals surface area contributed by atoms with E-state index in [9.17, 15) is 4.79 Å². The molecule has 0 bridgehead atoms. The standard InChI is InChI=1S/C23H29N5O2/c24-26-25-12-18-30-22-10-8-21(9-11-22)19-23(29)28-16-14-27(15-17-28)13-4-7-20-5-2-1-3-6-20/h1-3,5-6,8-11H,4,7,12-19H2. The van der Waals surface area contributed by atoms with Crippen LogP contribution >= 0.6 is 0 Å². The Bertz CT molecular complexity index is 826. The predicted octanol–water partition coefficient (Wildman–Crippen LogP) is 3.70. The number of aryl methyl sites for hydroxylation is 1. The molecule has 0 aliphatic carbocycles. The number of piperazine rings is 1. The van der Waals surface area contributed by atoms with E-state index < -0.39 is 0 Å². The van der Waals surface area contributed by atoms with E-state index in [-0.39, 0.29) is 5.91 Å². The molecule has 0 unspecified atom stereocenters. The van der Waals surface area contributed by atoms with Crippen molar-refractivity contribution in [3.63, 3.8) is 0 Å². The summed E-state index contributed by atoms with van der Waals surface area (Å²) in [6.45, 7) is 5.21. The van der Waals surface area contributed by atoms with Crippen molar-refractivity contribution >= 4 is 5.91 Å². The van der Waals surface area contributed by atoms with Crippen molar-refractivity contribution in [1.82, 2.24) is 9.80 Å². The summed E-state index contributed by atoms with van der Waals surface area (Å²) in [4.78, 5) is 19.7. The van der Waals surface area contributed by atoms with Crippen LogP contribution in [0.3, 0.4) is 0 Å². The highest BCUT2D eigenvalue weighted by Crippen LogP contribution is 2.14. The minimum Gasteiger partial charge on any atom is -0.493 e. The van der Waals surface area contributed by atoms with Gasteiger partial charge in [-0.25, -0.2) is 0 Å². The second kappa shape index (κ2) is 11.9. The van der Waals surface area contributed by atoms with Gasteiger partial charge in [-0.2, -0.15) is 0 Å². The molecule has 0 spiro atoms. The van der Waals surface area contributed by atoms with E-state index in [2.05, 4.69) is 45.3 Å². The van der Waals surface area contributed by atoms with E-state index in [0.29, 0.717) is 25.3 Å². The number of amides is 1. The summed E-state index contributed by atoms with van der Waals surface area (Å²) in [7, 11) is 0. The van der Waals surface area contributed by atoms with Gasteiger partial charge in [-0.15, -0.1) is 0 Å². The fraction of sp³-hybridized carbons (Fsp3) is 0.435. The predicted molar refractivity (Wildman–Crippen MR) is 117 cm³/mol. The molecule has 2 aromatic carbocycles. The van der Waals surface area contributed by atoms with Crippen molar-refractivity contribution in [1.29, 1.82) is 0 Å². The van der Waals surface area contributed by atoms with Crippen LogP contribution in [0.4, 0.5) is 0 Å². The number of hydrogen-bond donors (Lipinski definition) is 0. The lowest BCUT2D eigenvalue weighted by Gasteiger charge is -2.34. The zero-order chi connectivity index (χ0) is 21.0. The van der Waals surface area contributed by atoms with Gasteiger partial charge < -0.3 is 9.64 Å². The van der Waals surface area contributed by atoms with Gasteiger partial charge in [0.25, 0.3) is 0 Å². The Morgan fingerprint density at radius 1 is 1.00 bits per heavy atom. The molecular weight excluding hydrogens is 378 g/mol. The van der Waals surface area contributed by atoms with E-state index in [1.54, 1.807) is 0 Å². The monoisotopic (exact) mass is 407 g/mol. The minimum absolute atomic E-state index is 0.177. The zero-order valence-corrected chi connectivity index (χ0v) is 17.3. The van der Waals surface area contributed by atoms with Crippen LogP contribution in [0.1, 0.15) is 17.5 Å². The molecule has 1 fully saturated rings. The van der Waals surface area contributed by atoms with Gasteiger partial charge in [-0.3, -0.25) is 9.69 Å². The summed E-state index contributed by atoms with van der Waals surface area (Å²) in [6, 6.07) is 18.1. The maximum absolute atomic E-state index is 12.6. The molecule has 1 amide bonds. The van der Waals surface area contributed by atoms with Crippen molar-refractivity contribution in [2.45, 2.75) is 19.3 Å². The normalized spacial score (nSPS) is 14.2. The van der Waals surface area contributed by atoms with Crippen molar-refractivity contribution < 1.29 is 9.53 Å². The molecule has 7 heteroatoms. The largest absolute Gasteiger partial charge is 0.493 e. The molecule has 7 nitrogen and oxygen atoms in total. The van der Waals surface area contributed by atoms with Gasteiger partial charge >= 0.3 is 0 Å². The number of carbonyl (C=O) groups is 1. The van der Waals surface area contributed by atoms with Crippen LogP contribution in [0.25, 0.3) is 10.4 Å². The molecule has 158 valence electrons. The Kier molecular flexibility index (Phi) is 8.57. The van der Waals surface area contributed by atoms with Gasteiger partial charge in [0.2, 0.25) is 5.91 Å². The molecule has 0 aromatic heterocycles. The second-order valence-corrected chi connectivity index (χ2v) is 7.44. The Morgan fingerprint density at radius 2 is 1.73 bits per heavy atom. The highest BCUT2D eigenvalue weighted by atomic mass is 16.5.